The summed E-state index contributed by atoms with van der Waals surface area (Å²) in [6, 6.07) is 11.7. The number of amides is 2. The maximum atomic E-state index is 13.5. The summed E-state index contributed by atoms with van der Waals surface area (Å²) in [7, 11) is 0. The van der Waals surface area contributed by atoms with Crippen LogP contribution in [0, 0.1) is 19.7 Å². The molecule has 2 aromatic rings. The first-order valence-corrected chi connectivity index (χ1v) is 10.8. The number of imide groups is 1. The molecular weight excluding hydrogens is 395 g/mol. The molecule has 0 bridgehead atoms. The Morgan fingerprint density at radius 2 is 1.55 bits per heavy atom. The summed E-state index contributed by atoms with van der Waals surface area (Å²) in [6.45, 7) is 5.85. The molecule has 0 saturated carbocycles. The number of carbonyl (C=O) groups is 2. The second-order valence-corrected chi connectivity index (χ2v) is 8.21. The summed E-state index contributed by atoms with van der Waals surface area (Å²) in [5.74, 6) is -0.296. The maximum Gasteiger partial charge on any atom is 0.277 e. The highest BCUT2D eigenvalue weighted by atomic mass is 19.1. The van der Waals surface area contributed by atoms with Gasteiger partial charge in [0.15, 0.2) is 0 Å². The van der Waals surface area contributed by atoms with Gasteiger partial charge in [-0.2, -0.15) is 0 Å². The maximum absolute atomic E-state index is 13.5. The first-order valence-electron chi connectivity index (χ1n) is 10.8. The van der Waals surface area contributed by atoms with Crippen LogP contribution in [0.4, 0.5) is 4.39 Å². The van der Waals surface area contributed by atoms with Crippen LogP contribution in [0.15, 0.2) is 48.2 Å². The first-order chi connectivity index (χ1) is 14.9. The molecule has 1 fully saturated rings. The van der Waals surface area contributed by atoms with Crippen LogP contribution in [-0.4, -0.2) is 47.9 Å². The number of piperidine rings is 1. The van der Waals surface area contributed by atoms with Gasteiger partial charge in [-0.15, -0.1) is 0 Å². The van der Waals surface area contributed by atoms with Crippen molar-refractivity contribution in [2.45, 2.75) is 33.1 Å². The lowest BCUT2D eigenvalue weighted by Crippen LogP contribution is -2.39. The fourth-order valence-corrected chi connectivity index (χ4v) is 4.32. The largest absolute Gasteiger partial charge is 0.492 e. The highest BCUT2D eigenvalue weighted by Crippen LogP contribution is 2.33. The number of benzene rings is 2. The average molecular weight is 423 g/mol. The number of halogens is 1. The molecular formula is C25H27FN2O3. The van der Waals surface area contributed by atoms with Crippen molar-refractivity contribution in [1.82, 2.24) is 9.80 Å². The van der Waals surface area contributed by atoms with Crippen molar-refractivity contribution in [1.29, 1.82) is 0 Å². The van der Waals surface area contributed by atoms with Crippen LogP contribution in [-0.2, 0) is 9.59 Å². The van der Waals surface area contributed by atoms with Gasteiger partial charge in [0.2, 0.25) is 0 Å². The number of hydrogen-bond donors (Lipinski definition) is 0. The van der Waals surface area contributed by atoms with Gasteiger partial charge in [0, 0.05) is 13.1 Å². The molecule has 0 atom stereocenters. The molecule has 0 unspecified atom stereocenters. The lowest BCUT2D eigenvalue weighted by atomic mass is 10.0. The zero-order chi connectivity index (χ0) is 22.0. The molecule has 2 aromatic carbocycles. The van der Waals surface area contributed by atoms with E-state index in [1.807, 2.05) is 30.9 Å². The van der Waals surface area contributed by atoms with Gasteiger partial charge in [0.25, 0.3) is 11.8 Å². The zero-order valence-electron chi connectivity index (χ0n) is 18.0. The number of aryl methyl sites for hydroxylation is 2. The van der Waals surface area contributed by atoms with Crippen molar-refractivity contribution in [3.05, 3.63) is 70.7 Å². The van der Waals surface area contributed by atoms with Crippen LogP contribution in [0.2, 0.25) is 0 Å². The Morgan fingerprint density at radius 1 is 0.903 bits per heavy atom. The lowest BCUT2D eigenvalue weighted by Gasteiger charge is -2.29. The minimum Gasteiger partial charge on any atom is -0.492 e. The van der Waals surface area contributed by atoms with Gasteiger partial charge in [-0.05, 0) is 74.1 Å². The van der Waals surface area contributed by atoms with E-state index in [4.69, 9.17) is 4.74 Å². The molecule has 0 spiro atoms. The third-order valence-electron chi connectivity index (χ3n) is 5.73. The summed E-state index contributed by atoms with van der Waals surface area (Å²) in [4.78, 5) is 29.8. The summed E-state index contributed by atoms with van der Waals surface area (Å²) in [5, 5.41) is 0. The van der Waals surface area contributed by atoms with Gasteiger partial charge in [0.1, 0.15) is 23.9 Å². The van der Waals surface area contributed by atoms with E-state index in [0.29, 0.717) is 16.8 Å². The number of likely N-dealkylation sites (tertiary alicyclic amines) is 1. The Balaban J connectivity index is 1.56. The Labute approximate surface area is 182 Å². The Kier molecular flexibility index (Phi) is 6.07. The van der Waals surface area contributed by atoms with Gasteiger partial charge < -0.3 is 9.64 Å². The SMILES string of the molecule is Cc1cc(C)cc(OCCN2C(=O)C(c3ccc(F)cc3)=C(N3CCCCC3)C2=O)c1. The fourth-order valence-electron chi connectivity index (χ4n) is 4.32. The van der Waals surface area contributed by atoms with E-state index >= 15 is 0 Å². The van der Waals surface area contributed by atoms with Crippen molar-refractivity contribution in [2.24, 2.45) is 0 Å². The predicted octanol–water partition coefficient (Wildman–Crippen LogP) is 4.09. The third-order valence-corrected chi connectivity index (χ3v) is 5.73. The van der Waals surface area contributed by atoms with Crippen molar-refractivity contribution >= 4 is 17.4 Å². The van der Waals surface area contributed by atoms with Crippen LogP contribution in [0.5, 0.6) is 5.75 Å². The topological polar surface area (TPSA) is 49.9 Å². The van der Waals surface area contributed by atoms with Gasteiger partial charge in [-0.25, -0.2) is 4.39 Å². The molecule has 0 N–H and O–H groups in total. The van der Waals surface area contributed by atoms with Crippen molar-refractivity contribution in [2.75, 3.05) is 26.2 Å². The highest BCUT2D eigenvalue weighted by Gasteiger charge is 2.41. The molecule has 6 heteroatoms. The van der Waals surface area contributed by atoms with Crippen LogP contribution < -0.4 is 4.74 Å². The molecule has 2 amide bonds. The zero-order valence-corrected chi connectivity index (χ0v) is 18.0. The van der Waals surface area contributed by atoms with Crippen LogP contribution in [0.25, 0.3) is 5.57 Å². The molecule has 5 nitrogen and oxygen atoms in total. The minimum atomic E-state index is -0.376. The molecule has 0 radical (unpaired) electrons. The molecule has 1 saturated heterocycles. The molecule has 2 heterocycles. The highest BCUT2D eigenvalue weighted by molar-refractivity contribution is 6.35. The summed E-state index contributed by atoms with van der Waals surface area (Å²) in [5.41, 5.74) is 3.55. The second kappa shape index (κ2) is 8.92. The van der Waals surface area contributed by atoms with E-state index in [1.54, 1.807) is 12.1 Å². The van der Waals surface area contributed by atoms with Crippen LogP contribution in [0.1, 0.15) is 36.0 Å². The third kappa shape index (κ3) is 4.48. The van der Waals surface area contributed by atoms with Crippen LogP contribution in [0.3, 0.4) is 0 Å². The van der Waals surface area contributed by atoms with Crippen molar-refractivity contribution in [3.8, 4) is 5.75 Å². The Bertz CT molecular complexity index is 1000. The predicted molar refractivity (Wildman–Crippen MR) is 117 cm³/mol. The van der Waals surface area contributed by atoms with E-state index < -0.39 is 0 Å². The number of ether oxygens (including phenoxy) is 1. The van der Waals surface area contributed by atoms with Gasteiger partial charge in [-0.3, -0.25) is 14.5 Å². The standard InChI is InChI=1S/C25H27FN2O3/c1-17-14-18(2)16-21(15-17)31-13-12-28-24(29)22(19-6-8-20(26)9-7-19)23(25(28)30)27-10-4-3-5-11-27/h6-9,14-16H,3-5,10-13H2,1-2H3. The van der Waals surface area contributed by atoms with Gasteiger partial charge >= 0.3 is 0 Å². The van der Waals surface area contributed by atoms with Crippen molar-refractivity contribution < 1.29 is 18.7 Å². The van der Waals surface area contributed by atoms with E-state index in [-0.39, 0.29) is 30.8 Å². The molecule has 2 aliphatic heterocycles. The van der Waals surface area contributed by atoms with E-state index in [0.717, 1.165) is 49.2 Å². The van der Waals surface area contributed by atoms with Crippen molar-refractivity contribution in [3.63, 3.8) is 0 Å². The van der Waals surface area contributed by atoms with E-state index in [1.165, 1.54) is 17.0 Å². The number of rotatable bonds is 6. The smallest absolute Gasteiger partial charge is 0.277 e. The Morgan fingerprint density at radius 3 is 2.19 bits per heavy atom. The molecule has 162 valence electrons. The van der Waals surface area contributed by atoms with E-state index in [9.17, 15) is 14.0 Å². The molecule has 0 aromatic heterocycles. The molecule has 0 aliphatic carbocycles. The number of hydrogen-bond acceptors (Lipinski definition) is 4. The second-order valence-electron chi connectivity index (χ2n) is 8.21. The lowest BCUT2D eigenvalue weighted by molar-refractivity contribution is -0.138. The fraction of sp³-hybridized carbons (Fsp3) is 0.360. The molecule has 2 aliphatic rings. The minimum absolute atomic E-state index is 0.159. The Hall–Kier alpha value is -3.15. The number of carbonyl (C=O) groups excluding carboxylic acids is 2. The van der Waals surface area contributed by atoms with Crippen LogP contribution >= 0.6 is 0 Å². The first kappa shape index (κ1) is 21.1. The van der Waals surface area contributed by atoms with E-state index in [2.05, 4.69) is 6.07 Å². The summed E-state index contributed by atoms with van der Waals surface area (Å²) < 4.78 is 19.3. The van der Waals surface area contributed by atoms with Gasteiger partial charge in [0.05, 0.1) is 12.1 Å². The summed E-state index contributed by atoms with van der Waals surface area (Å²) in [6.07, 6.45) is 3.08. The molecule has 4 rings (SSSR count). The average Bonchev–Trinajstić information content (AvgIpc) is 2.99. The normalized spacial score (nSPS) is 17.0. The number of nitrogens with zero attached hydrogens (tertiary/aromatic N) is 2. The quantitative estimate of drug-likeness (QED) is 0.658. The monoisotopic (exact) mass is 422 g/mol. The molecule has 31 heavy (non-hydrogen) atoms. The van der Waals surface area contributed by atoms with Gasteiger partial charge in [-0.1, -0.05) is 18.2 Å². The summed E-state index contributed by atoms with van der Waals surface area (Å²) >= 11 is 0.